The minimum absolute atomic E-state index is 0.169. The molecule has 1 aromatic heterocycles. The van der Waals surface area contributed by atoms with Crippen LogP contribution in [-0.2, 0) is 17.5 Å². The van der Waals surface area contributed by atoms with Crippen molar-refractivity contribution in [3.63, 3.8) is 0 Å². The van der Waals surface area contributed by atoms with E-state index >= 15 is 0 Å². The number of aryl methyl sites for hydroxylation is 1. The maximum absolute atomic E-state index is 13.7. The van der Waals surface area contributed by atoms with Crippen LogP contribution < -0.4 is 16.6 Å². The molecule has 1 heterocycles. The number of hydrogen-bond acceptors (Lipinski definition) is 3. The first kappa shape index (κ1) is 26.2. The number of nitrogens with one attached hydrogen (secondary N) is 1. The molecule has 6 nitrogen and oxygen atoms in total. The highest BCUT2D eigenvalue weighted by Crippen LogP contribution is 2.29. The van der Waals surface area contributed by atoms with Gasteiger partial charge in [0.2, 0.25) is 5.91 Å². The number of nitrogens with zero attached hydrogens (tertiary/aromatic N) is 2. The van der Waals surface area contributed by atoms with Gasteiger partial charge in [-0.2, -0.15) is 13.2 Å². The summed E-state index contributed by atoms with van der Waals surface area (Å²) in [7, 11) is 0. The average molecular weight is 530 g/mol. The fourth-order valence-corrected chi connectivity index (χ4v) is 4.42. The summed E-state index contributed by atoms with van der Waals surface area (Å²) in [6.45, 7) is 3.34. The number of aromatic nitrogens is 2. The minimum atomic E-state index is -4.51. The summed E-state index contributed by atoms with van der Waals surface area (Å²) in [5, 5.41) is 3.09. The fraction of sp³-hybridized carbons (Fsp3) is 0.222. The van der Waals surface area contributed by atoms with E-state index < -0.39 is 34.9 Å². The van der Waals surface area contributed by atoms with Gasteiger partial charge in [-0.05, 0) is 66.9 Å². The lowest BCUT2D eigenvalue weighted by atomic mass is 10.1. The van der Waals surface area contributed by atoms with Crippen LogP contribution in [0, 0.1) is 6.92 Å². The van der Waals surface area contributed by atoms with Crippen LogP contribution >= 0.6 is 11.6 Å². The number of carbonyl (C=O) groups excluding carboxylic acids is 1. The van der Waals surface area contributed by atoms with Gasteiger partial charge >= 0.3 is 11.9 Å². The summed E-state index contributed by atoms with van der Waals surface area (Å²) in [5.74, 6) is -0.585. The summed E-state index contributed by atoms with van der Waals surface area (Å²) < 4.78 is 41.4. The molecule has 0 fully saturated rings. The lowest BCUT2D eigenvalue weighted by molar-refractivity contribution is -0.137. The molecule has 10 heteroatoms. The van der Waals surface area contributed by atoms with Crippen LogP contribution in [0.4, 0.5) is 13.2 Å². The van der Waals surface area contributed by atoms with Crippen LogP contribution in [0.15, 0.2) is 76.3 Å². The molecular formula is C27H23ClF3N3O3. The Morgan fingerprint density at radius 2 is 1.76 bits per heavy atom. The van der Waals surface area contributed by atoms with Gasteiger partial charge in [0.05, 0.1) is 22.2 Å². The lowest BCUT2D eigenvalue weighted by Gasteiger charge is -2.22. The normalized spacial score (nSPS) is 12.5. The second-order valence-corrected chi connectivity index (χ2v) is 9.07. The van der Waals surface area contributed by atoms with Gasteiger partial charge < -0.3 is 5.32 Å². The molecule has 4 aromatic rings. The Hall–Kier alpha value is -3.85. The zero-order valence-corrected chi connectivity index (χ0v) is 20.7. The molecule has 0 unspecified atom stereocenters. The zero-order valence-electron chi connectivity index (χ0n) is 20.0. The summed E-state index contributed by atoms with van der Waals surface area (Å²) in [6, 6.07) is 14.9. The van der Waals surface area contributed by atoms with E-state index in [1.54, 1.807) is 25.1 Å². The summed E-state index contributed by atoms with van der Waals surface area (Å²) in [4.78, 5) is 40.4. The highest BCUT2D eigenvalue weighted by atomic mass is 35.5. The molecule has 0 aliphatic heterocycles. The van der Waals surface area contributed by atoms with Crippen LogP contribution in [0.1, 0.15) is 36.1 Å². The number of fused-ring (bicyclic) bond motifs is 1. The van der Waals surface area contributed by atoms with Crippen molar-refractivity contribution in [2.75, 3.05) is 0 Å². The van der Waals surface area contributed by atoms with Crippen molar-refractivity contribution < 1.29 is 18.0 Å². The Morgan fingerprint density at radius 1 is 1.03 bits per heavy atom. The number of alkyl halides is 3. The van der Waals surface area contributed by atoms with Gasteiger partial charge in [0.1, 0.15) is 6.04 Å². The van der Waals surface area contributed by atoms with Crippen LogP contribution in [0.2, 0.25) is 5.02 Å². The van der Waals surface area contributed by atoms with Gasteiger partial charge in [-0.1, -0.05) is 42.8 Å². The van der Waals surface area contributed by atoms with Gasteiger partial charge in [-0.25, -0.2) is 9.36 Å². The molecule has 192 valence electrons. The number of carbonyl (C=O) groups is 1. The maximum atomic E-state index is 13.7. The van der Waals surface area contributed by atoms with Crippen molar-refractivity contribution in [1.82, 2.24) is 14.5 Å². The molecule has 0 saturated heterocycles. The number of rotatable bonds is 6. The van der Waals surface area contributed by atoms with E-state index in [4.69, 9.17) is 11.6 Å². The number of benzene rings is 3. The van der Waals surface area contributed by atoms with Crippen LogP contribution in [0.3, 0.4) is 0 Å². The van der Waals surface area contributed by atoms with Crippen LogP contribution in [0.5, 0.6) is 0 Å². The predicted molar refractivity (Wildman–Crippen MR) is 136 cm³/mol. The molecule has 0 radical (unpaired) electrons. The molecule has 0 spiro atoms. The Kier molecular flexibility index (Phi) is 7.27. The topological polar surface area (TPSA) is 73.1 Å². The predicted octanol–water partition coefficient (Wildman–Crippen LogP) is 5.40. The standard InChI is InChI=1S/C27H23ClF3N3O3/c1-3-22(24(35)32-15-17-7-5-8-18(13-17)27(29,30)31)34-23-14-19(28)10-11-21(23)25(36)33(26(34)37)20-9-4-6-16(2)12-20/h4-14,22H,3,15H2,1-2H3,(H,32,35)/t22-/m1/s1. The van der Waals surface area contributed by atoms with Gasteiger partial charge in [0, 0.05) is 11.6 Å². The van der Waals surface area contributed by atoms with E-state index in [0.717, 1.165) is 22.3 Å². The molecule has 4 rings (SSSR count). The largest absolute Gasteiger partial charge is 0.416 e. The summed E-state index contributed by atoms with van der Waals surface area (Å²) in [6.07, 6.45) is -4.34. The molecule has 1 amide bonds. The zero-order chi connectivity index (χ0) is 26.9. The molecule has 0 aliphatic rings. The minimum Gasteiger partial charge on any atom is -0.350 e. The van der Waals surface area contributed by atoms with Crippen molar-refractivity contribution in [3.05, 3.63) is 109 Å². The van der Waals surface area contributed by atoms with Gasteiger partial charge in [-0.15, -0.1) is 0 Å². The third-order valence-electron chi connectivity index (χ3n) is 6.03. The highest BCUT2D eigenvalue weighted by Gasteiger charge is 2.30. The number of hydrogen-bond donors (Lipinski definition) is 1. The monoisotopic (exact) mass is 529 g/mol. The molecule has 1 N–H and O–H groups in total. The molecule has 0 bridgehead atoms. The number of amides is 1. The van der Waals surface area contributed by atoms with Crippen molar-refractivity contribution in [2.24, 2.45) is 0 Å². The molecule has 3 aromatic carbocycles. The Balaban J connectivity index is 1.80. The van der Waals surface area contributed by atoms with E-state index in [2.05, 4.69) is 5.32 Å². The second kappa shape index (κ2) is 10.3. The van der Waals surface area contributed by atoms with Crippen molar-refractivity contribution >= 4 is 28.4 Å². The van der Waals surface area contributed by atoms with Crippen LogP contribution in [0.25, 0.3) is 16.6 Å². The van der Waals surface area contributed by atoms with E-state index in [-0.39, 0.29) is 34.5 Å². The number of halogens is 4. The fourth-order valence-electron chi connectivity index (χ4n) is 4.25. The van der Waals surface area contributed by atoms with E-state index in [1.807, 2.05) is 13.0 Å². The molecule has 0 saturated carbocycles. The molecule has 0 aliphatic carbocycles. The first-order valence-electron chi connectivity index (χ1n) is 11.5. The average Bonchev–Trinajstić information content (AvgIpc) is 2.85. The van der Waals surface area contributed by atoms with Crippen LogP contribution in [-0.4, -0.2) is 15.0 Å². The lowest BCUT2D eigenvalue weighted by Crippen LogP contribution is -2.44. The van der Waals surface area contributed by atoms with Crippen molar-refractivity contribution in [2.45, 2.75) is 39.0 Å². The summed E-state index contributed by atoms with van der Waals surface area (Å²) in [5.41, 5.74) is -0.495. The third kappa shape index (κ3) is 5.32. The Morgan fingerprint density at radius 3 is 2.43 bits per heavy atom. The van der Waals surface area contributed by atoms with Gasteiger partial charge in [0.25, 0.3) is 5.56 Å². The molecular weight excluding hydrogens is 507 g/mol. The van der Waals surface area contributed by atoms with E-state index in [9.17, 15) is 27.6 Å². The molecule has 1 atom stereocenters. The smallest absolute Gasteiger partial charge is 0.350 e. The Labute approximate surface area is 214 Å². The van der Waals surface area contributed by atoms with E-state index in [0.29, 0.717) is 5.69 Å². The first-order chi connectivity index (χ1) is 17.5. The first-order valence-corrected chi connectivity index (χ1v) is 11.9. The third-order valence-corrected chi connectivity index (χ3v) is 6.27. The van der Waals surface area contributed by atoms with Gasteiger partial charge in [0.15, 0.2) is 0 Å². The molecule has 37 heavy (non-hydrogen) atoms. The quantitative estimate of drug-likeness (QED) is 0.363. The maximum Gasteiger partial charge on any atom is 0.416 e. The van der Waals surface area contributed by atoms with E-state index in [1.165, 1.54) is 34.9 Å². The summed E-state index contributed by atoms with van der Waals surface area (Å²) >= 11 is 6.18. The van der Waals surface area contributed by atoms with Crippen molar-refractivity contribution in [1.29, 1.82) is 0 Å². The highest BCUT2D eigenvalue weighted by molar-refractivity contribution is 6.31. The van der Waals surface area contributed by atoms with Gasteiger partial charge in [-0.3, -0.25) is 14.2 Å². The van der Waals surface area contributed by atoms with Crippen molar-refractivity contribution in [3.8, 4) is 5.69 Å². The SMILES string of the molecule is CC[C@H](C(=O)NCc1cccc(C(F)(F)F)c1)n1c(=O)n(-c2cccc(C)c2)c(=O)c2ccc(Cl)cc21. The Bertz CT molecular complexity index is 1610. The second-order valence-electron chi connectivity index (χ2n) is 8.63.